The summed E-state index contributed by atoms with van der Waals surface area (Å²) in [6.45, 7) is 9.18. The molecule has 0 spiro atoms. The van der Waals surface area contributed by atoms with Crippen molar-refractivity contribution in [1.29, 1.82) is 0 Å². The van der Waals surface area contributed by atoms with Crippen molar-refractivity contribution in [2.75, 3.05) is 14.1 Å². The Morgan fingerprint density at radius 2 is 1.04 bits per heavy atom. The van der Waals surface area contributed by atoms with E-state index in [4.69, 9.17) is 0 Å². The zero-order valence-corrected chi connectivity index (χ0v) is 16.0. The summed E-state index contributed by atoms with van der Waals surface area (Å²) in [5.41, 5.74) is 0. The summed E-state index contributed by atoms with van der Waals surface area (Å²) in [7, 11) is 2.76. The van der Waals surface area contributed by atoms with E-state index in [-0.39, 0.29) is 37.7 Å². The van der Waals surface area contributed by atoms with Crippen molar-refractivity contribution >= 4 is 61.5 Å². The van der Waals surface area contributed by atoms with Crippen LogP contribution in [0, 0.1) is 0 Å². The molecule has 2 amide bonds. The van der Waals surface area contributed by atoms with Gasteiger partial charge in [0.2, 0.25) is 11.8 Å². The van der Waals surface area contributed by atoms with Gasteiger partial charge in [-0.3, -0.25) is 9.59 Å². The van der Waals surface area contributed by atoms with Crippen molar-refractivity contribution in [3.63, 3.8) is 0 Å². The van der Waals surface area contributed by atoms with Crippen molar-refractivity contribution in [3.8, 4) is 0 Å². The van der Waals surface area contributed by atoms with E-state index in [0.29, 0.717) is 0 Å². The number of likely N-dealkylation sites (N-methyl/N-ethyl adjacent to an activating group) is 2. The number of carbonyl (C=O) groups is 4. The van der Waals surface area contributed by atoms with Crippen LogP contribution >= 0.6 is 0 Å². The third kappa shape index (κ3) is 10.1. The molecule has 23 heavy (non-hydrogen) atoms. The molecule has 0 aromatic heterocycles. The van der Waals surface area contributed by atoms with E-state index in [1.807, 2.05) is 0 Å². The molecule has 0 aromatic rings. The maximum Gasteiger partial charge on any atom is 2.00 e. The van der Waals surface area contributed by atoms with Crippen molar-refractivity contribution in [2.24, 2.45) is 0 Å². The molecule has 0 aliphatic carbocycles. The summed E-state index contributed by atoms with van der Waals surface area (Å²) >= 11 is 0. The number of rotatable bonds is 6. The molecule has 0 N–H and O–H groups in total. The number of amides is 2. The summed E-state index contributed by atoms with van der Waals surface area (Å²) in [5.74, 6) is -3.41. The minimum Gasteiger partial charge on any atom is -0.548 e. The SMILES string of the molecule is C=CC(=O)N(C)[C@@H](C)C(=O)[O-].C=CC(=O)N(C)[C@@H](C)C(=O)[O-].[Ca+2]. The van der Waals surface area contributed by atoms with Gasteiger partial charge in [0.05, 0.1) is 24.0 Å². The molecule has 0 aliphatic heterocycles. The molecule has 0 fully saturated rings. The summed E-state index contributed by atoms with van der Waals surface area (Å²) in [5, 5.41) is 20.4. The largest absolute Gasteiger partial charge is 2.00 e. The summed E-state index contributed by atoms with van der Waals surface area (Å²) < 4.78 is 0. The predicted octanol–water partition coefficient (Wildman–Crippen LogP) is -2.84. The Morgan fingerprint density at radius 1 is 0.826 bits per heavy atom. The molecule has 0 aliphatic rings. The molecule has 0 heterocycles. The Kier molecular flexibility index (Phi) is 15.1. The maximum absolute atomic E-state index is 10.8. The summed E-state index contributed by atoms with van der Waals surface area (Å²) in [6.07, 6.45) is 2.11. The van der Waals surface area contributed by atoms with Crippen LogP contribution < -0.4 is 10.2 Å². The van der Waals surface area contributed by atoms with E-state index in [9.17, 15) is 29.4 Å². The second-order valence-corrected chi connectivity index (χ2v) is 4.30. The van der Waals surface area contributed by atoms with Gasteiger partial charge >= 0.3 is 37.7 Å². The first kappa shape index (κ1) is 26.5. The van der Waals surface area contributed by atoms with E-state index in [2.05, 4.69) is 13.2 Å². The van der Waals surface area contributed by atoms with Gasteiger partial charge in [0, 0.05) is 14.1 Å². The summed E-state index contributed by atoms with van der Waals surface area (Å²) in [4.78, 5) is 44.1. The van der Waals surface area contributed by atoms with Crippen LogP contribution in [-0.4, -0.2) is 97.5 Å². The van der Waals surface area contributed by atoms with Crippen LogP contribution in [0.25, 0.3) is 0 Å². The van der Waals surface area contributed by atoms with Crippen LogP contribution in [0.1, 0.15) is 13.8 Å². The number of carboxylic acid groups (broad SMARTS) is 2. The second kappa shape index (κ2) is 13.1. The van der Waals surface area contributed by atoms with E-state index in [0.717, 1.165) is 22.0 Å². The van der Waals surface area contributed by atoms with E-state index >= 15 is 0 Å². The van der Waals surface area contributed by atoms with Crippen molar-refractivity contribution < 1.29 is 29.4 Å². The van der Waals surface area contributed by atoms with Gasteiger partial charge in [0.15, 0.2) is 0 Å². The van der Waals surface area contributed by atoms with Crippen LogP contribution in [0.5, 0.6) is 0 Å². The maximum atomic E-state index is 10.8. The zero-order valence-electron chi connectivity index (χ0n) is 13.8. The Labute approximate surface area is 165 Å². The molecular formula is C14H20CaN2O6. The first-order chi connectivity index (χ1) is 10.0. The van der Waals surface area contributed by atoms with Gasteiger partial charge in [0.25, 0.3) is 0 Å². The molecule has 0 saturated heterocycles. The normalized spacial score (nSPS) is 11.3. The third-order valence-electron chi connectivity index (χ3n) is 2.89. The van der Waals surface area contributed by atoms with E-state index < -0.39 is 35.8 Å². The van der Waals surface area contributed by atoms with Crippen LogP contribution in [0.3, 0.4) is 0 Å². The van der Waals surface area contributed by atoms with Crippen molar-refractivity contribution in [3.05, 3.63) is 25.3 Å². The first-order valence-corrected chi connectivity index (χ1v) is 6.21. The molecule has 0 radical (unpaired) electrons. The number of carbonyl (C=O) groups excluding carboxylic acids is 4. The standard InChI is InChI=1S/2C7H11NO3.Ca/c2*1-4-6(9)8(3)5(2)7(10)11;/h2*4-5H,1H2,2-3H3,(H,10,11);/q;;+2/p-2/t2*5-;/m00./s1. The third-order valence-corrected chi connectivity index (χ3v) is 2.89. The van der Waals surface area contributed by atoms with E-state index in [1.54, 1.807) is 0 Å². The molecule has 0 bridgehead atoms. The van der Waals surface area contributed by atoms with Crippen LogP contribution in [0.4, 0.5) is 0 Å². The summed E-state index contributed by atoms with van der Waals surface area (Å²) in [6, 6.07) is -1.83. The fourth-order valence-corrected chi connectivity index (χ4v) is 0.986. The van der Waals surface area contributed by atoms with Crippen molar-refractivity contribution in [1.82, 2.24) is 9.80 Å². The minimum atomic E-state index is -1.28. The van der Waals surface area contributed by atoms with Gasteiger partial charge in [0.1, 0.15) is 0 Å². The fourth-order valence-electron chi connectivity index (χ4n) is 0.986. The average Bonchev–Trinajstić information content (AvgIpc) is 2.50. The number of aliphatic carboxylic acids is 2. The second-order valence-electron chi connectivity index (χ2n) is 4.30. The Bertz CT molecular complexity index is 424. The molecule has 0 rings (SSSR count). The topological polar surface area (TPSA) is 121 Å². The van der Waals surface area contributed by atoms with Gasteiger partial charge < -0.3 is 29.6 Å². The van der Waals surface area contributed by atoms with Gasteiger partial charge in [-0.15, -0.1) is 0 Å². The monoisotopic (exact) mass is 352 g/mol. The van der Waals surface area contributed by atoms with Gasteiger partial charge in [-0.25, -0.2) is 0 Å². The zero-order chi connectivity index (χ0) is 18.0. The predicted molar refractivity (Wildman–Crippen MR) is 80.6 cm³/mol. The fraction of sp³-hybridized carbons (Fsp3) is 0.429. The first-order valence-electron chi connectivity index (χ1n) is 6.21. The van der Waals surface area contributed by atoms with Crippen LogP contribution in [-0.2, 0) is 19.2 Å². The quantitative estimate of drug-likeness (QED) is 0.375. The number of carboxylic acids is 2. The van der Waals surface area contributed by atoms with Crippen molar-refractivity contribution in [2.45, 2.75) is 25.9 Å². The van der Waals surface area contributed by atoms with Crippen LogP contribution in [0.15, 0.2) is 25.3 Å². The number of hydrogen-bond acceptors (Lipinski definition) is 6. The molecule has 0 saturated carbocycles. The van der Waals surface area contributed by atoms with Gasteiger partial charge in [-0.2, -0.15) is 0 Å². The Balaban J connectivity index is -0.000000333. The Morgan fingerprint density at radius 3 is 1.17 bits per heavy atom. The average molecular weight is 352 g/mol. The molecule has 124 valence electrons. The minimum absolute atomic E-state index is 0. The van der Waals surface area contributed by atoms with Gasteiger partial charge in [-0.05, 0) is 26.0 Å². The molecule has 2 atom stereocenters. The molecule has 0 aromatic carbocycles. The number of nitrogens with zero attached hydrogens (tertiary/aromatic N) is 2. The molecular weight excluding hydrogens is 332 g/mol. The van der Waals surface area contributed by atoms with Crippen LogP contribution in [0.2, 0.25) is 0 Å². The molecule has 9 heteroatoms. The molecule has 0 unspecified atom stereocenters. The van der Waals surface area contributed by atoms with Gasteiger partial charge in [-0.1, -0.05) is 13.2 Å². The molecule has 8 nitrogen and oxygen atoms in total. The number of hydrogen-bond donors (Lipinski definition) is 0. The van der Waals surface area contributed by atoms with E-state index in [1.165, 1.54) is 27.9 Å². The smallest absolute Gasteiger partial charge is 0.548 e. The Hall–Kier alpha value is -1.38.